The van der Waals surface area contributed by atoms with Crippen LogP contribution in [0.15, 0.2) is 12.2 Å². The van der Waals surface area contributed by atoms with Gasteiger partial charge in [-0.3, -0.25) is 4.48 Å². The molecule has 0 aliphatic rings. The Bertz CT molecular complexity index is 567. The first-order valence-electron chi connectivity index (χ1n) is 15.7. The van der Waals surface area contributed by atoms with Crippen molar-refractivity contribution in [2.24, 2.45) is 0 Å². The van der Waals surface area contributed by atoms with Gasteiger partial charge in [-0.1, -0.05) is 114 Å². The van der Waals surface area contributed by atoms with Gasteiger partial charge in [-0.15, -0.1) is 0 Å². The van der Waals surface area contributed by atoms with Crippen molar-refractivity contribution < 1.29 is 24.2 Å². The number of nitrogens with zero attached hydrogens (tertiary/aromatic N) is 1. The first-order chi connectivity index (χ1) is 17.7. The third kappa shape index (κ3) is 17.8. The van der Waals surface area contributed by atoms with E-state index in [1.54, 1.807) is 0 Å². The van der Waals surface area contributed by atoms with Gasteiger partial charge in [-0.2, -0.15) is 0 Å². The summed E-state index contributed by atoms with van der Waals surface area (Å²) >= 11 is 0. The molecule has 2 unspecified atom stereocenters. The van der Waals surface area contributed by atoms with Crippen LogP contribution < -0.4 is 4.89 Å². The van der Waals surface area contributed by atoms with Crippen molar-refractivity contribution >= 4 is 8.03 Å². The lowest BCUT2D eigenvalue weighted by atomic mass is 9.98. The summed E-state index contributed by atoms with van der Waals surface area (Å²) in [4.78, 5) is 12.4. The third-order valence-electron chi connectivity index (χ3n) is 8.15. The summed E-state index contributed by atoms with van der Waals surface area (Å²) in [5, 5.41) is 17.8. The molecule has 0 aliphatic carbocycles. The molecule has 6 heteroatoms. The van der Waals surface area contributed by atoms with Crippen LogP contribution >= 0.6 is 8.03 Å². The van der Waals surface area contributed by atoms with Gasteiger partial charge in [-0.05, 0) is 38.5 Å². The molecule has 0 fully saturated rings. The maximum absolute atomic E-state index is 12.4. The van der Waals surface area contributed by atoms with E-state index in [2.05, 4.69) is 19.1 Å². The predicted molar refractivity (Wildman–Crippen MR) is 158 cm³/mol. The van der Waals surface area contributed by atoms with Crippen molar-refractivity contribution in [3.05, 3.63) is 12.2 Å². The molecule has 0 amide bonds. The summed E-state index contributed by atoms with van der Waals surface area (Å²) in [5.41, 5.74) is 0. The largest absolute Gasteiger partial charge is 0.590 e. The highest BCUT2D eigenvalue weighted by Crippen LogP contribution is 2.47. The van der Waals surface area contributed by atoms with Gasteiger partial charge < -0.3 is 15.1 Å². The molecule has 0 aromatic heterocycles. The fourth-order valence-electron chi connectivity index (χ4n) is 5.54. The second-order valence-corrected chi connectivity index (χ2v) is 13.1. The van der Waals surface area contributed by atoms with Crippen LogP contribution in [0.5, 0.6) is 0 Å². The summed E-state index contributed by atoms with van der Waals surface area (Å²) in [6.07, 6.45) is 28.8. The monoisotopic (exact) mass is 544 g/mol. The fraction of sp³-hybridized carbons (Fsp3) is 0.935. The predicted octanol–water partition coefficient (Wildman–Crippen LogP) is 8.35. The Kier molecular flexibility index (Phi) is 23.4. The maximum atomic E-state index is 12.4. The number of hydrogen-bond acceptors (Lipinski definition) is 4. The molecule has 0 heterocycles. The Morgan fingerprint density at radius 1 is 0.703 bits per heavy atom. The number of aliphatic hydroxyl groups excluding tert-OH is 1. The molecular formula is C31H63NO4P+. The highest BCUT2D eigenvalue weighted by atomic mass is 31.1. The van der Waals surface area contributed by atoms with Crippen molar-refractivity contribution in [3.63, 3.8) is 0 Å². The zero-order valence-corrected chi connectivity index (χ0v) is 26.0. The second-order valence-electron chi connectivity index (χ2n) is 11.8. The molecule has 37 heavy (non-hydrogen) atoms. The highest BCUT2D eigenvalue weighted by Gasteiger charge is 2.55. The Labute approximate surface area is 231 Å². The Morgan fingerprint density at radius 3 is 1.54 bits per heavy atom. The van der Waals surface area contributed by atoms with Crippen LogP contribution in [-0.4, -0.2) is 46.9 Å². The van der Waals surface area contributed by atoms with E-state index in [0.717, 1.165) is 19.3 Å². The lowest BCUT2D eigenvalue weighted by Crippen LogP contribution is -2.59. The number of rotatable bonds is 27. The Hall–Kier alpha value is -0.320. The molecule has 0 aromatic carbocycles. The van der Waals surface area contributed by atoms with Crippen LogP contribution in [0.4, 0.5) is 0 Å². The molecular weight excluding hydrogens is 481 g/mol. The van der Waals surface area contributed by atoms with Crippen molar-refractivity contribution in [2.45, 2.75) is 167 Å². The van der Waals surface area contributed by atoms with E-state index in [-0.39, 0.29) is 6.42 Å². The van der Waals surface area contributed by atoms with Gasteiger partial charge in [0.1, 0.15) is 0 Å². The Balaban J connectivity index is 3.89. The van der Waals surface area contributed by atoms with Crippen LogP contribution in [0.1, 0.15) is 155 Å². The molecule has 220 valence electrons. The minimum absolute atomic E-state index is 0.192. The zero-order valence-electron chi connectivity index (χ0n) is 25.1. The standard InChI is InChI=1S/C31H63NO4P/c1-5-7-8-9-10-11-12-13-14-15-16-17-18-19-20-21-22-23-24-25-28-31(27-6-2,37(35)36)32(3,4)29-26-30(33)34/h13-14,30,33-34H,5-12,15-29H2,1-4H3/q+1. The minimum atomic E-state index is -2.61. The smallest absolute Gasteiger partial charge is 0.376 e. The van der Waals surface area contributed by atoms with Crippen LogP contribution in [0.25, 0.3) is 0 Å². The van der Waals surface area contributed by atoms with E-state index in [0.29, 0.717) is 23.9 Å². The molecule has 2 N–H and O–H groups in total. The van der Waals surface area contributed by atoms with Crippen LogP contribution in [0, 0.1) is 0 Å². The van der Waals surface area contributed by atoms with E-state index in [1.165, 1.54) is 103 Å². The van der Waals surface area contributed by atoms with Gasteiger partial charge in [0.25, 0.3) is 5.28 Å². The second kappa shape index (κ2) is 23.6. The molecule has 0 rings (SSSR count). The summed E-state index contributed by atoms with van der Waals surface area (Å²) in [7, 11) is 1.24. The molecule has 0 aliphatic heterocycles. The average Bonchev–Trinajstić information content (AvgIpc) is 2.85. The lowest BCUT2D eigenvalue weighted by Gasteiger charge is -2.43. The lowest BCUT2D eigenvalue weighted by molar-refractivity contribution is -0.929. The van der Waals surface area contributed by atoms with Crippen molar-refractivity contribution in [3.8, 4) is 0 Å². The number of allylic oxidation sites excluding steroid dienone is 2. The molecule has 2 atom stereocenters. The summed E-state index contributed by atoms with van der Waals surface area (Å²) in [6, 6.07) is 0. The topological polar surface area (TPSA) is 80.6 Å². The van der Waals surface area contributed by atoms with Crippen molar-refractivity contribution in [1.29, 1.82) is 0 Å². The molecule has 5 nitrogen and oxygen atoms in total. The molecule has 0 aromatic rings. The van der Waals surface area contributed by atoms with E-state index in [9.17, 15) is 19.7 Å². The molecule has 0 saturated heterocycles. The van der Waals surface area contributed by atoms with Crippen LogP contribution in [0.3, 0.4) is 0 Å². The SMILES string of the molecule is CCCCCCCCC=CCCCCCCCCCCCCC(CCC)([P+](=O)[O-])[N+](C)(C)CCC(O)O. The van der Waals surface area contributed by atoms with Crippen molar-refractivity contribution in [2.75, 3.05) is 20.6 Å². The van der Waals surface area contributed by atoms with Crippen molar-refractivity contribution in [1.82, 2.24) is 0 Å². The van der Waals surface area contributed by atoms with Crippen LogP contribution in [-0.2, 0) is 4.57 Å². The maximum Gasteiger partial charge on any atom is 0.376 e. The van der Waals surface area contributed by atoms with Gasteiger partial charge in [0.2, 0.25) is 0 Å². The number of hydrogen-bond donors (Lipinski definition) is 2. The molecule has 0 radical (unpaired) electrons. The summed E-state index contributed by atoms with van der Waals surface area (Å²) in [5.74, 6) is 0. The Morgan fingerprint density at radius 2 is 1.14 bits per heavy atom. The number of quaternary nitrogens is 1. The molecule has 0 spiro atoms. The van der Waals surface area contributed by atoms with Crippen LogP contribution in [0.2, 0.25) is 0 Å². The zero-order chi connectivity index (χ0) is 27.8. The van der Waals surface area contributed by atoms with E-state index < -0.39 is 19.6 Å². The van der Waals surface area contributed by atoms with Gasteiger partial charge >= 0.3 is 8.03 Å². The first kappa shape index (κ1) is 36.7. The summed E-state index contributed by atoms with van der Waals surface area (Å²) < 4.78 is 12.7. The van der Waals surface area contributed by atoms with Gasteiger partial charge in [-0.25, -0.2) is 0 Å². The molecule has 0 saturated carbocycles. The highest BCUT2D eigenvalue weighted by molar-refractivity contribution is 7.38. The molecule has 0 bridgehead atoms. The van der Waals surface area contributed by atoms with E-state index in [4.69, 9.17) is 0 Å². The van der Waals surface area contributed by atoms with Gasteiger partial charge in [0.05, 0.1) is 20.6 Å². The normalized spacial score (nSPS) is 14.5. The average molecular weight is 545 g/mol. The number of aliphatic hydroxyl groups is 2. The van der Waals surface area contributed by atoms with E-state index >= 15 is 0 Å². The van der Waals surface area contributed by atoms with E-state index in [1.807, 2.05) is 21.0 Å². The quantitative estimate of drug-likeness (QED) is 0.0358. The number of unbranched alkanes of at least 4 members (excludes halogenated alkanes) is 16. The van der Waals surface area contributed by atoms with Gasteiger partial charge in [0.15, 0.2) is 6.29 Å². The first-order valence-corrected chi connectivity index (χ1v) is 16.9. The van der Waals surface area contributed by atoms with Gasteiger partial charge in [0, 0.05) is 19.3 Å². The minimum Gasteiger partial charge on any atom is -0.590 e. The third-order valence-corrected chi connectivity index (χ3v) is 9.82. The summed E-state index contributed by atoms with van der Waals surface area (Å²) in [6.45, 7) is 4.74. The fourth-order valence-corrected chi connectivity index (χ4v) is 6.83.